The zero-order chi connectivity index (χ0) is 20.0. The van der Waals surface area contributed by atoms with Crippen LogP contribution in [0.2, 0.25) is 0 Å². The summed E-state index contributed by atoms with van der Waals surface area (Å²) in [6.07, 6.45) is 6.97. The lowest BCUT2D eigenvalue weighted by molar-refractivity contribution is -0.121. The van der Waals surface area contributed by atoms with E-state index in [0.717, 1.165) is 35.4 Å². The summed E-state index contributed by atoms with van der Waals surface area (Å²) in [6.45, 7) is 3.46. The van der Waals surface area contributed by atoms with Crippen molar-refractivity contribution in [3.8, 4) is 0 Å². The Bertz CT molecular complexity index is 834. The highest BCUT2D eigenvalue weighted by Crippen LogP contribution is 2.47. The number of thioether (sulfide) groups is 1. The number of hydrogen-bond acceptors (Lipinski definition) is 4. The first-order valence-electron chi connectivity index (χ1n) is 11.0. The number of carbonyl (C=O) groups excluding carboxylic acids is 2. The molecule has 154 valence electrons. The van der Waals surface area contributed by atoms with Gasteiger partial charge in [-0.3, -0.25) is 9.59 Å². The monoisotopic (exact) mass is 411 g/mol. The number of aliphatic imine (C=N–C) groups is 1. The number of benzene rings is 1. The summed E-state index contributed by atoms with van der Waals surface area (Å²) in [6, 6.07) is 9.96. The molecule has 2 aliphatic carbocycles. The topological polar surface area (TPSA) is 61.8 Å². The number of amidine groups is 1. The molecule has 0 spiro atoms. The number of carbonyl (C=O) groups is 2. The quantitative estimate of drug-likeness (QED) is 0.824. The van der Waals surface area contributed by atoms with Gasteiger partial charge in [0.15, 0.2) is 5.17 Å². The number of hydrogen-bond donors (Lipinski definition) is 1. The molecule has 4 atom stereocenters. The standard InChI is InChI=1S/C23H29N3O2S/c1-23(18-9-11-26(12-10-18)20(27)16-5-3-2-4-6-16)21(28)25-22(29-23)24-19-14-15-7-8-17(19)13-15/h2-6,15,17-19H,7-14H2,1H3,(H,24,25,28)/t15-,17?,19+,23?/m1/s1. The molecule has 5 nitrogen and oxygen atoms in total. The first kappa shape index (κ1) is 19.2. The summed E-state index contributed by atoms with van der Waals surface area (Å²) in [5.74, 6) is 1.98. The number of nitrogens with zero attached hydrogens (tertiary/aromatic N) is 2. The fourth-order valence-electron chi connectivity index (χ4n) is 5.77. The Morgan fingerprint density at radius 2 is 1.90 bits per heavy atom. The molecule has 2 saturated carbocycles. The first-order chi connectivity index (χ1) is 14.0. The van der Waals surface area contributed by atoms with E-state index in [9.17, 15) is 9.59 Å². The average molecular weight is 412 g/mol. The smallest absolute Gasteiger partial charge is 0.264 e. The molecular weight excluding hydrogens is 382 g/mol. The van der Waals surface area contributed by atoms with E-state index < -0.39 is 4.75 Å². The van der Waals surface area contributed by atoms with Gasteiger partial charge in [0.05, 0.1) is 0 Å². The highest BCUT2D eigenvalue weighted by Gasteiger charge is 2.49. The predicted octanol–water partition coefficient (Wildman–Crippen LogP) is 3.71. The van der Waals surface area contributed by atoms with Crippen LogP contribution in [0.5, 0.6) is 0 Å². The van der Waals surface area contributed by atoms with Gasteiger partial charge >= 0.3 is 0 Å². The predicted molar refractivity (Wildman–Crippen MR) is 116 cm³/mol. The highest BCUT2D eigenvalue weighted by atomic mass is 32.2. The van der Waals surface area contributed by atoms with Crippen LogP contribution in [0, 0.1) is 17.8 Å². The highest BCUT2D eigenvalue weighted by molar-refractivity contribution is 8.16. The van der Waals surface area contributed by atoms with E-state index in [1.54, 1.807) is 11.8 Å². The minimum absolute atomic E-state index is 0.000919. The molecule has 1 N–H and O–H groups in total. The van der Waals surface area contributed by atoms with Crippen molar-refractivity contribution >= 4 is 28.7 Å². The lowest BCUT2D eigenvalue weighted by Gasteiger charge is -2.38. The second-order valence-corrected chi connectivity index (χ2v) is 10.7. The summed E-state index contributed by atoms with van der Waals surface area (Å²) in [5.41, 5.74) is 0.740. The van der Waals surface area contributed by atoms with Crippen molar-refractivity contribution in [3.05, 3.63) is 35.9 Å². The zero-order valence-corrected chi connectivity index (χ0v) is 17.8. The van der Waals surface area contributed by atoms with Gasteiger partial charge in [-0.1, -0.05) is 36.4 Å². The molecule has 6 heteroatoms. The summed E-state index contributed by atoms with van der Waals surface area (Å²) in [5, 5.41) is 4.44. The zero-order valence-electron chi connectivity index (χ0n) is 17.0. The number of likely N-dealkylation sites (tertiary alicyclic amines) is 1. The minimum Gasteiger partial charge on any atom is -0.361 e. The molecule has 2 bridgehead atoms. The Kier molecular flexibility index (Phi) is 4.93. The third kappa shape index (κ3) is 3.49. The van der Waals surface area contributed by atoms with Crippen LogP contribution in [0.15, 0.2) is 35.3 Å². The lowest BCUT2D eigenvalue weighted by atomic mass is 9.84. The van der Waals surface area contributed by atoms with Crippen LogP contribution in [0.4, 0.5) is 0 Å². The summed E-state index contributed by atoms with van der Waals surface area (Å²) >= 11 is 1.63. The maximum absolute atomic E-state index is 12.8. The van der Waals surface area contributed by atoms with Gasteiger partial charge in [-0.2, -0.15) is 4.99 Å². The third-order valence-electron chi connectivity index (χ3n) is 7.57. The molecule has 0 radical (unpaired) electrons. The third-order valence-corrected chi connectivity index (χ3v) is 8.90. The van der Waals surface area contributed by atoms with Gasteiger partial charge in [-0.05, 0) is 68.9 Å². The second kappa shape index (κ2) is 7.46. The number of piperidine rings is 1. The maximum Gasteiger partial charge on any atom is 0.264 e. The Morgan fingerprint density at radius 1 is 1.14 bits per heavy atom. The average Bonchev–Trinajstić information content (AvgIpc) is 3.44. The van der Waals surface area contributed by atoms with Crippen LogP contribution >= 0.6 is 11.8 Å². The summed E-state index contributed by atoms with van der Waals surface area (Å²) in [4.78, 5) is 31.9. The van der Waals surface area contributed by atoms with Gasteiger partial charge in [0, 0.05) is 24.7 Å². The van der Waals surface area contributed by atoms with E-state index in [1.165, 1.54) is 25.7 Å². The number of rotatable bonds is 3. The molecule has 1 aromatic rings. The molecule has 1 saturated heterocycles. The second-order valence-electron chi connectivity index (χ2n) is 9.29. The van der Waals surface area contributed by atoms with Crippen LogP contribution in [-0.2, 0) is 4.79 Å². The van der Waals surface area contributed by atoms with Crippen molar-refractivity contribution in [1.82, 2.24) is 10.2 Å². The van der Waals surface area contributed by atoms with Crippen LogP contribution < -0.4 is 5.32 Å². The lowest BCUT2D eigenvalue weighted by Crippen LogP contribution is -2.46. The molecule has 5 rings (SSSR count). The largest absolute Gasteiger partial charge is 0.361 e. The van der Waals surface area contributed by atoms with Crippen molar-refractivity contribution in [2.24, 2.45) is 22.7 Å². The van der Waals surface area contributed by atoms with Gasteiger partial charge in [-0.15, -0.1) is 0 Å². The van der Waals surface area contributed by atoms with Gasteiger partial charge < -0.3 is 10.2 Å². The SMILES string of the molecule is CC1(C2CCN(C(=O)c3ccccc3)CC2)SC(N[C@H]2C[C@@H]3CCC2C3)=NC1=O. The summed E-state index contributed by atoms with van der Waals surface area (Å²) in [7, 11) is 0. The normalized spacial score (nSPS) is 34.5. The van der Waals surface area contributed by atoms with Crippen molar-refractivity contribution < 1.29 is 9.59 Å². The molecule has 2 heterocycles. The Morgan fingerprint density at radius 3 is 2.55 bits per heavy atom. The van der Waals surface area contributed by atoms with E-state index >= 15 is 0 Å². The van der Waals surface area contributed by atoms with E-state index in [2.05, 4.69) is 17.2 Å². The van der Waals surface area contributed by atoms with Crippen molar-refractivity contribution in [2.75, 3.05) is 13.1 Å². The van der Waals surface area contributed by atoms with E-state index in [-0.39, 0.29) is 17.7 Å². The van der Waals surface area contributed by atoms with E-state index in [4.69, 9.17) is 0 Å². The van der Waals surface area contributed by atoms with E-state index in [1.807, 2.05) is 35.2 Å². The number of amides is 2. The molecular formula is C23H29N3O2S. The number of fused-ring (bicyclic) bond motifs is 2. The molecule has 0 aromatic heterocycles. The van der Waals surface area contributed by atoms with Gasteiger partial charge in [0.2, 0.25) is 0 Å². The van der Waals surface area contributed by atoms with Gasteiger partial charge in [0.25, 0.3) is 11.8 Å². The summed E-state index contributed by atoms with van der Waals surface area (Å²) < 4.78 is -0.498. The molecule has 2 aliphatic heterocycles. The molecule has 1 aromatic carbocycles. The van der Waals surface area contributed by atoms with E-state index in [0.29, 0.717) is 19.1 Å². The fourth-order valence-corrected chi connectivity index (χ4v) is 7.04. The molecule has 3 fully saturated rings. The molecule has 2 unspecified atom stereocenters. The van der Waals surface area contributed by atoms with Crippen molar-refractivity contribution in [2.45, 2.75) is 56.2 Å². The number of nitrogens with one attached hydrogen (secondary N) is 1. The van der Waals surface area contributed by atoms with Gasteiger partial charge in [-0.25, -0.2) is 0 Å². The minimum atomic E-state index is -0.498. The Hall–Kier alpha value is -1.82. The Labute approximate surface area is 176 Å². The maximum atomic E-state index is 12.8. The van der Waals surface area contributed by atoms with Crippen LogP contribution in [0.1, 0.15) is 55.8 Å². The van der Waals surface area contributed by atoms with Crippen LogP contribution in [-0.4, -0.2) is 45.8 Å². The molecule has 29 heavy (non-hydrogen) atoms. The van der Waals surface area contributed by atoms with Crippen molar-refractivity contribution in [1.29, 1.82) is 0 Å². The molecule has 4 aliphatic rings. The first-order valence-corrected chi connectivity index (χ1v) is 11.8. The van der Waals surface area contributed by atoms with Gasteiger partial charge in [0.1, 0.15) is 4.75 Å². The van der Waals surface area contributed by atoms with Crippen LogP contribution in [0.25, 0.3) is 0 Å². The van der Waals surface area contributed by atoms with Crippen molar-refractivity contribution in [3.63, 3.8) is 0 Å². The van der Waals surface area contributed by atoms with Crippen LogP contribution in [0.3, 0.4) is 0 Å². The Balaban J connectivity index is 1.18. The fraction of sp³-hybridized carbons (Fsp3) is 0.609. The molecule has 2 amide bonds.